The van der Waals surface area contributed by atoms with E-state index in [1.807, 2.05) is 4.90 Å². The molecule has 5 nitrogen and oxygen atoms in total. The zero-order chi connectivity index (χ0) is 15.9. The molecule has 3 atom stereocenters. The van der Waals surface area contributed by atoms with E-state index in [4.69, 9.17) is 5.73 Å². The molecule has 2 N–H and O–H groups in total. The number of likely N-dealkylation sites (tertiary alicyclic amines) is 1. The molecule has 0 aromatic heterocycles. The Hall–Kier alpha value is -0.810. The Balaban J connectivity index is 0.00000192. The van der Waals surface area contributed by atoms with Crippen LogP contribution in [0.5, 0.6) is 0 Å². The summed E-state index contributed by atoms with van der Waals surface area (Å²) in [7, 11) is 3.54. The van der Waals surface area contributed by atoms with Gasteiger partial charge in [0.2, 0.25) is 11.8 Å². The molecule has 0 aromatic carbocycles. The van der Waals surface area contributed by atoms with Crippen LogP contribution in [0.4, 0.5) is 0 Å². The number of rotatable bonds is 2. The first-order chi connectivity index (χ1) is 10.5. The molecule has 6 heteroatoms. The number of nitrogens with zero attached hydrogens (tertiary/aromatic N) is 2. The van der Waals surface area contributed by atoms with E-state index in [1.54, 1.807) is 19.0 Å². The number of nitrogens with two attached hydrogens (primary N) is 1. The van der Waals surface area contributed by atoms with Crippen molar-refractivity contribution in [3.63, 3.8) is 0 Å². The molecule has 3 fully saturated rings. The number of halogens is 1. The zero-order valence-electron chi connectivity index (χ0n) is 14.2. The molecule has 0 radical (unpaired) electrons. The van der Waals surface area contributed by atoms with Gasteiger partial charge in [-0.1, -0.05) is 6.42 Å². The van der Waals surface area contributed by atoms with Gasteiger partial charge in [0.25, 0.3) is 0 Å². The van der Waals surface area contributed by atoms with Crippen LogP contribution in [0.2, 0.25) is 0 Å². The molecule has 2 bridgehead atoms. The van der Waals surface area contributed by atoms with Crippen molar-refractivity contribution in [1.29, 1.82) is 0 Å². The number of hydrogen-bond donors (Lipinski definition) is 1. The monoisotopic (exact) mass is 343 g/mol. The minimum Gasteiger partial charge on any atom is -0.347 e. The summed E-state index contributed by atoms with van der Waals surface area (Å²) in [6.07, 6.45) is 7.20. The van der Waals surface area contributed by atoms with Crippen molar-refractivity contribution in [2.75, 3.05) is 20.6 Å². The van der Waals surface area contributed by atoms with Crippen molar-refractivity contribution in [1.82, 2.24) is 9.80 Å². The minimum absolute atomic E-state index is 0. The molecule has 2 aliphatic carbocycles. The largest absolute Gasteiger partial charge is 0.347 e. The number of likely N-dealkylation sites (N-methyl/N-ethyl adjacent to an activating group) is 1. The highest BCUT2D eigenvalue weighted by Crippen LogP contribution is 2.43. The predicted molar refractivity (Wildman–Crippen MR) is 92.2 cm³/mol. The van der Waals surface area contributed by atoms with E-state index in [-0.39, 0.29) is 42.2 Å². The lowest BCUT2D eigenvalue weighted by Crippen LogP contribution is -2.52. The summed E-state index contributed by atoms with van der Waals surface area (Å²) in [6, 6.07) is 0.0496. The Morgan fingerprint density at radius 3 is 2.22 bits per heavy atom. The lowest BCUT2D eigenvalue weighted by atomic mass is 9.65. The third-order valence-electron chi connectivity index (χ3n) is 6.02. The Bertz CT molecular complexity index is 443. The summed E-state index contributed by atoms with van der Waals surface area (Å²) in [4.78, 5) is 28.8. The van der Waals surface area contributed by atoms with Gasteiger partial charge in [-0.15, -0.1) is 12.4 Å². The van der Waals surface area contributed by atoms with Crippen molar-refractivity contribution in [3.8, 4) is 0 Å². The summed E-state index contributed by atoms with van der Waals surface area (Å²) in [6.45, 7) is 0.737. The normalized spacial score (nSPS) is 36.3. The van der Waals surface area contributed by atoms with Crippen LogP contribution >= 0.6 is 12.4 Å². The van der Waals surface area contributed by atoms with Gasteiger partial charge in [-0.2, -0.15) is 0 Å². The summed E-state index contributed by atoms with van der Waals surface area (Å²) in [5.41, 5.74) is 6.33. The number of carbonyl (C=O) groups is 2. The summed E-state index contributed by atoms with van der Waals surface area (Å²) in [5.74, 6) is 1.38. The lowest BCUT2D eigenvalue weighted by Gasteiger charge is -2.44. The van der Waals surface area contributed by atoms with Crippen molar-refractivity contribution in [2.24, 2.45) is 23.5 Å². The molecule has 2 amide bonds. The maximum Gasteiger partial charge on any atom is 0.244 e. The molecule has 132 valence electrons. The first kappa shape index (κ1) is 18.5. The van der Waals surface area contributed by atoms with E-state index >= 15 is 0 Å². The molecule has 0 aromatic rings. The average Bonchev–Trinajstić information content (AvgIpc) is 2.94. The van der Waals surface area contributed by atoms with Gasteiger partial charge in [-0.3, -0.25) is 9.59 Å². The molecule has 1 aliphatic heterocycles. The lowest BCUT2D eigenvalue weighted by molar-refractivity contribution is -0.146. The Morgan fingerprint density at radius 1 is 1.04 bits per heavy atom. The smallest absolute Gasteiger partial charge is 0.244 e. The maximum atomic E-state index is 13.0. The third-order valence-corrected chi connectivity index (χ3v) is 6.02. The standard InChI is InChI=1S/C17H29N3O2.ClH/c1-19(2)17(22)14-7-4-8-20(14)16(21)13-9-11-5-3-6-12(10-13)15(11)18;/h11-15H,3-10,18H2,1-2H3;1H. The van der Waals surface area contributed by atoms with Gasteiger partial charge in [-0.25, -0.2) is 0 Å². The molecule has 3 aliphatic rings. The van der Waals surface area contributed by atoms with Gasteiger partial charge in [0, 0.05) is 32.6 Å². The summed E-state index contributed by atoms with van der Waals surface area (Å²) >= 11 is 0. The van der Waals surface area contributed by atoms with E-state index in [0.717, 1.165) is 32.2 Å². The Morgan fingerprint density at radius 2 is 1.65 bits per heavy atom. The molecule has 3 rings (SSSR count). The second-order valence-electron chi connectivity index (χ2n) is 7.62. The van der Waals surface area contributed by atoms with Gasteiger partial charge in [0.05, 0.1) is 0 Å². The fourth-order valence-corrected chi connectivity index (χ4v) is 4.81. The average molecular weight is 344 g/mol. The summed E-state index contributed by atoms with van der Waals surface area (Å²) < 4.78 is 0. The van der Waals surface area contributed by atoms with E-state index in [2.05, 4.69) is 0 Å². The second-order valence-corrected chi connectivity index (χ2v) is 7.62. The van der Waals surface area contributed by atoms with Gasteiger partial charge in [0.15, 0.2) is 0 Å². The van der Waals surface area contributed by atoms with Crippen molar-refractivity contribution >= 4 is 24.2 Å². The quantitative estimate of drug-likeness (QED) is 0.828. The van der Waals surface area contributed by atoms with Crippen molar-refractivity contribution < 1.29 is 9.59 Å². The van der Waals surface area contributed by atoms with Crippen LogP contribution in [-0.2, 0) is 9.59 Å². The van der Waals surface area contributed by atoms with Gasteiger partial charge >= 0.3 is 0 Å². The highest BCUT2D eigenvalue weighted by molar-refractivity contribution is 5.89. The van der Waals surface area contributed by atoms with Crippen LogP contribution in [0.15, 0.2) is 0 Å². The van der Waals surface area contributed by atoms with E-state index in [1.165, 1.54) is 19.3 Å². The number of amides is 2. The van der Waals surface area contributed by atoms with Crippen LogP contribution in [-0.4, -0.2) is 54.3 Å². The van der Waals surface area contributed by atoms with Gasteiger partial charge in [-0.05, 0) is 50.4 Å². The van der Waals surface area contributed by atoms with E-state index in [9.17, 15) is 9.59 Å². The van der Waals surface area contributed by atoms with Crippen LogP contribution in [0.25, 0.3) is 0 Å². The molecule has 0 spiro atoms. The molecule has 1 heterocycles. The third kappa shape index (κ3) is 3.50. The molecular weight excluding hydrogens is 314 g/mol. The Kier molecular flexibility index (Phi) is 5.95. The van der Waals surface area contributed by atoms with Gasteiger partial charge in [0.1, 0.15) is 6.04 Å². The van der Waals surface area contributed by atoms with Crippen LogP contribution in [0.3, 0.4) is 0 Å². The molecule has 23 heavy (non-hydrogen) atoms. The highest BCUT2D eigenvalue weighted by Gasteiger charge is 2.44. The van der Waals surface area contributed by atoms with Crippen LogP contribution in [0, 0.1) is 17.8 Å². The van der Waals surface area contributed by atoms with Crippen LogP contribution < -0.4 is 5.73 Å². The highest BCUT2D eigenvalue weighted by atomic mass is 35.5. The van der Waals surface area contributed by atoms with Crippen LogP contribution in [0.1, 0.15) is 44.9 Å². The fourth-order valence-electron chi connectivity index (χ4n) is 4.81. The molecule has 3 unspecified atom stereocenters. The Labute approximate surface area is 145 Å². The number of fused-ring (bicyclic) bond motifs is 2. The van der Waals surface area contributed by atoms with Crippen molar-refractivity contribution in [3.05, 3.63) is 0 Å². The molecule has 2 saturated carbocycles. The number of hydrogen-bond acceptors (Lipinski definition) is 3. The fraction of sp³-hybridized carbons (Fsp3) is 0.882. The second kappa shape index (κ2) is 7.39. The zero-order valence-corrected chi connectivity index (χ0v) is 15.1. The predicted octanol–water partition coefficient (Wildman–Crippen LogP) is 1.64. The maximum absolute atomic E-state index is 13.0. The minimum atomic E-state index is -0.238. The first-order valence-electron chi connectivity index (χ1n) is 8.76. The first-order valence-corrected chi connectivity index (χ1v) is 8.76. The van der Waals surface area contributed by atoms with Gasteiger partial charge < -0.3 is 15.5 Å². The topological polar surface area (TPSA) is 66.6 Å². The van der Waals surface area contributed by atoms with E-state index < -0.39 is 0 Å². The summed E-state index contributed by atoms with van der Waals surface area (Å²) in [5, 5.41) is 0. The van der Waals surface area contributed by atoms with Crippen molar-refractivity contribution in [2.45, 2.75) is 57.0 Å². The number of carbonyl (C=O) groups excluding carboxylic acids is 2. The SMILES string of the molecule is CN(C)C(=O)C1CCCN1C(=O)C1CC2CCCC(C1)C2N.Cl. The molecule has 1 saturated heterocycles. The molecular formula is C17H30ClN3O2. The van der Waals surface area contributed by atoms with E-state index in [0.29, 0.717) is 11.8 Å².